The molecule has 1 aromatic carbocycles. The van der Waals surface area contributed by atoms with E-state index in [9.17, 15) is 13.2 Å². The number of ether oxygens (including phenoxy) is 2. The smallest absolute Gasteiger partial charge is 0.416 e. The van der Waals surface area contributed by atoms with Crippen molar-refractivity contribution < 1.29 is 22.6 Å². The maximum atomic E-state index is 13.1. The number of nitrogens with one attached hydrogen (secondary N) is 1. The van der Waals surface area contributed by atoms with Gasteiger partial charge in [-0.2, -0.15) is 23.1 Å². The zero-order valence-corrected chi connectivity index (χ0v) is 17.4. The molecule has 3 aromatic rings. The van der Waals surface area contributed by atoms with E-state index in [0.29, 0.717) is 43.1 Å². The quantitative estimate of drug-likeness (QED) is 0.555. The van der Waals surface area contributed by atoms with Crippen LogP contribution in [0.3, 0.4) is 0 Å². The number of nitrogen functional groups attached to an aromatic ring is 1. The first-order valence-electron chi connectivity index (χ1n) is 10.1. The van der Waals surface area contributed by atoms with E-state index in [4.69, 9.17) is 15.2 Å². The highest BCUT2D eigenvalue weighted by Crippen LogP contribution is 2.31. The number of halogens is 3. The second-order valence-electron chi connectivity index (χ2n) is 7.36. The molecule has 32 heavy (non-hydrogen) atoms. The highest BCUT2D eigenvalue weighted by molar-refractivity contribution is 5.90. The zero-order valence-electron chi connectivity index (χ0n) is 17.4. The molecule has 8 nitrogen and oxygen atoms in total. The van der Waals surface area contributed by atoms with Crippen molar-refractivity contribution in [3.63, 3.8) is 0 Å². The van der Waals surface area contributed by atoms with Crippen molar-refractivity contribution in [2.75, 3.05) is 55.9 Å². The molecule has 2 aromatic heterocycles. The molecule has 0 spiro atoms. The first kappa shape index (κ1) is 21.9. The fourth-order valence-corrected chi connectivity index (χ4v) is 3.54. The Morgan fingerprint density at radius 1 is 1.16 bits per heavy atom. The summed E-state index contributed by atoms with van der Waals surface area (Å²) in [4.78, 5) is 15.3. The number of methoxy groups -OCH3 is 1. The number of aromatic nitrogens is 3. The average molecular weight is 448 g/mol. The van der Waals surface area contributed by atoms with Gasteiger partial charge in [0.05, 0.1) is 37.6 Å². The van der Waals surface area contributed by atoms with Crippen LogP contribution >= 0.6 is 0 Å². The minimum absolute atomic E-state index is 0.0743. The molecule has 0 saturated carbocycles. The Balaban J connectivity index is 1.57. The third-order valence-corrected chi connectivity index (χ3v) is 5.11. The summed E-state index contributed by atoms with van der Waals surface area (Å²) in [5.74, 6) is 1.30. The van der Waals surface area contributed by atoms with Gasteiger partial charge in [0.1, 0.15) is 11.6 Å². The van der Waals surface area contributed by atoms with Gasteiger partial charge in [-0.15, -0.1) is 0 Å². The molecule has 1 saturated heterocycles. The molecule has 3 N–H and O–H groups in total. The van der Waals surface area contributed by atoms with E-state index in [1.165, 1.54) is 13.2 Å². The summed E-state index contributed by atoms with van der Waals surface area (Å²) in [7, 11) is 1.46. The molecule has 170 valence electrons. The van der Waals surface area contributed by atoms with Crippen LogP contribution in [0, 0.1) is 0 Å². The third kappa shape index (κ3) is 4.93. The van der Waals surface area contributed by atoms with Crippen LogP contribution < -0.4 is 20.7 Å². The summed E-state index contributed by atoms with van der Waals surface area (Å²) in [6, 6.07) is 5.64. The molecule has 1 fully saturated rings. The molecule has 0 amide bonds. The number of morpholine rings is 1. The lowest BCUT2D eigenvalue weighted by Crippen LogP contribution is -2.36. The SMILES string of the molecule is COc1nc(NCCc2cc(N)cc(C(F)(F)F)c2)c2cc(N3CCOCC3)ncc2n1. The van der Waals surface area contributed by atoms with Crippen LogP contribution in [0.1, 0.15) is 11.1 Å². The van der Waals surface area contributed by atoms with Crippen LogP contribution in [0.25, 0.3) is 10.9 Å². The maximum Gasteiger partial charge on any atom is 0.416 e. The zero-order chi connectivity index (χ0) is 22.7. The van der Waals surface area contributed by atoms with E-state index < -0.39 is 11.7 Å². The predicted molar refractivity (Wildman–Crippen MR) is 115 cm³/mol. The Bertz CT molecular complexity index is 1100. The van der Waals surface area contributed by atoms with Crippen LogP contribution in [0.15, 0.2) is 30.5 Å². The molecule has 1 aliphatic heterocycles. The van der Waals surface area contributed by atoms with Crippen LogP contribution in [0.5, 0.6) is 6.01 Å². The molecule has 4 rings (SSSR count). The number of nitrogens with zero attached hydrogens (tertiary/aromatic N) is 4. The van der Waals surface area contributed by atoms with Gasteiger partial charge >= 0.3 is 12.2 Å². The largest absolute Gasteiger partial charge is 0.467 e. The van der Waals surface area contributed by atoms with E-state index in [1.807, 2.05) is 6.07 Å². The maximum absolute atomic E-state index is 13.1. The van der Waals surface area contributed by atoms with Gasteiger partial charge < -0.3 is 25.4 Å². The van der Waals surface area contributed by atoms with Crippen LogP contribution in [0.4, 0.5) is 30.5 Å². The van der Waals surface area contributed by atoms with Gasteiger partial charge in [0, 0.05) is 30.7 Å². The first-order valence-corrected chi connectivity index (χ1v) is 10.1. The van der Waals surface area contributed by atoms with Crippen molar-refractivity contribution in [2.24, 2.45) is 0 Å². The van der Waals surface area contributed by atoms with Gasteiger partial charge in [0.25, 0.3) is 0 Å². The Morgan fingerprint density at radius 2 is 1.94 bits per heavy atom. The Morgan fingerprint density at radius 3 is 2.66 bits per heavy atom. The number of rotatable bonds is 6. The Kier molecular flexibility index (Phi) is 6.17. The summed E-state index contributed by atoms with van der Waals surface area (Å²) in [5.41, 5.74) is 6.05. The van der Waals surface area contributed by atoms with Crippen LogP contribution in [-0.4, -0.2) is 54.9 Å². The minimum atomic E-state index is -4.45. The molecule has 11 heteroatoms. The lowest BCUT2D eigenvalue weighted by atomic mass is 10.1. The van der Waals surface area contributed by atoms with Gasteiger partial charge in [-0.3, -0.25) is 0 Å². The summed E-state index contributed by atoms with van der Waals surface area (Å²) < 4.78 is 49.8. The number of hydrogen-bond acceptors (Lipinski definition) is 8. The summed E-state index contributed by atoms with van der Waals surface area (Å²) in [6.07, 6.45) is -2.47. The van der Waals surface area contributed by atoms with E-state index in [0.717, 1.165) is 36.4 Å². The van der Waals surface area contributed by atoms with Crippen molar-refractivity contribution in [1.29, 1.82) is 0 Å². The Labute approximate surface area is 182 Å². The second kappa shape index (κ2) is 9.03. The van der Waals surface area contributed by atoms with Gasteiger partial charge in [0.2, 0.25) is 0 Å². The van der Waals surface area contributed by atoms with Crippen molar-refractivity contribution in [2.45, 2.75) is 12.6 Å². The molecular weight excluding hydrogens is 425 g/mol. The van der Waals surface area contributed by atoms with Gasteiger partial charge in [0.15, 0.2) is 0 Å². The number of anilines is 3. The number of alkyl halides is 3. The first-order chi connectivity index (χ1) is 15.3. The fraction of sp³-hybridized carbons (Fsp3) is 0.381. The number of nitrogens with two attached hydrogens (primary N) is 1. The number of fused-ring (bicyclic) bond motifs is 1. The molecule has 1 aliphatic rings. The predicted octanol–water partition coefficient (Wildman–Crippen LogP) is 3.13. The Hall–Kier alpha value is -3.34. The molecule has 0 aliphatic carbocycles. The average Bonchev–Trinajstić information content (AvgIpc) is 2.78. The number of hydrogen-bond donors (Lipinski definition) is 2. The van der Waals surface area contributed by atoms with Crippen molar-refractivity contribution in [3.05, 3.63) is 41.6 Å². The molecule has 3 heterocycles. The highest BCUT2D eigenvalue weighted by Gasteiger charge is 2.31. The number of benzene rings is 1. The molecular formula is C21H23F3N6O2. The minimum Gasteiger partial charge on any atom is -0.467 e. The van der Waals surface area contributed by atoms with E-state index in [2.05, 4.69) is 25.2 Å². The molecule has 0 radical (unpaired) electrons. The summed E-state index contributed by atoms with van der Waals surface area (Å²) >= 11 is 0. The summed E-state index contributed by atoms with van der Waals surface area (Å²) in [5, 5.41) is 3.94. The summed E-state index contributed by atoms with van der Waals surface area (Å²) in [6.45, 7) is 3.06. The van der Waals surface area contributed by atoms with Crippen LogP contribution in [-0.2, 0) is 17.3 Å². The van der Waals surface area contributed by atoms with E-state index in [1.54, 1.807) is 6.20 Å². The van der Waals surface area contributed by atoms with Crippen molar-refractivity contribution >= 4 is 28.2 Å². The monoisotopic (exact) mass is 448 g/mol. The number of pyridine rings is 1. The third-order valence-electron chi connectivity index (χ3n) is 5.11. The van der Waals surface area contributed by atoms with E-state index in [-0.39, 0.29) is 11.7 Å². The fourth-order valence-electron chi connectivity index (χ4n) is 3.54. The second-order valence-corrected chi connectivity index (χ2v) is 7.36. The highest BCUT2D eigenvalue weighted by atomic mass is 19.4. The lowest BCUT2D eigenvalue weighted by Gasteiger charge is -2.28. The van der Waals surface area contributed by atoms with Gasteiger partial charge in [-0.1, -0.05) is 0 Å². The van der Waals surface area contributed by atoms with E-state index >= 15 is 0 Å². The van der Waals surface area contributed by atoms with Crippen LogP contribution in [0.2, 0.25) is 0 Å². The van der Waals surface area contributed by atoms with Crippen molar-refractivity contribution in [3.8, 4) is 6.01 Å². The molecule has 0 atom stereocenters. The standard InChI is InChI=1S/C21H23F3N6O2/c1-31-20-28-17-12-27-18(30-4-6-32-7-5-30)11-16(17)19(29-20)26-3-2-13-8-14(21(22,23)24)10-15(25)9-13/h8-12H,2-7,25H2,1H3,(H,26,28,29). The topological polar surface area (TPSA) is 98.4 Å². The van der Waals surface area contributed by atoms with Crippen molar-refractivity contribution in [1.82, 2.24) is 15.0 Å². The van der Waals surface area contributed by atoms with Gasteiger partial charge in [-0.05, 0) is 36.2 Å². The molecule has 0 bridgehead atoms. The lowest BCUT2D eigenvalue weighted by molar-refractivity contribution is -0.137. The normalized spacial score (nSPS) is 14.6. The van der Waals surface area contributed by atoms with Gasteiger partial charge in [-0.25, -0.2) is 4.98 Å². The molecule has 0 unspecified atom stereocenters.